The van der Waals surface area contributed by atoms with Crippen LogP contribution >= 0.6 is 0 Å². The van der Waals surface area contributed by atoms with Gasteiger partial charge in [-0.1, -0.05) is 19.3 Å². The van der Waals surface area contributed by atoms with Gasteiger partial charge in [-0.05, 0) is 0 Å². The quantitative estimate of drug-likeness (QED) is 0.161. The van der Waals surface area contributed by atoms with E-state index in [1.54, 1.807) is 40.1 Å². The van der Waals surface area contributed by atoms with Crippen LogP contribution in [0.5, 0.6) is 0 Å². The summed E-state index contributed by atoms with van der Waals surface area (Å²) in [7, 11) is 0. The van der Waals surface area contributed by atoms with Crippen molar-refractivity contribution in [3.05, 3.63) is 18.2 Å². The zero-order valence-electron chi connectivity index (χ0n) is 26.0. The van der Waals surface area contributed by atoms with Crippen molar-refractivity contribution in [3.8, 4) is 0 Å². The molecule has 6 N–H and O–H groups in total. The number of nitrogens with one attached hydrogen (secondary N) is 6. The minimum absolute atomic E-state index is 0.113. The van der Waals surface area contributed by atoms with Crippen molar-refractivity contribution in [2.45, 2.75) is 120 Å². The van der Waals surface area contributed by atoms with Gasteiger partial charge >= 0.3 is 243 Å². The van der Waals surface area contributed by atoms with Crippen LogP contribution in [0.1, 0.15) is 91.3 Å². The summed E-state index contributed by atoms with van der Waals surface area (Å²) >= 11 is -0.497. The van der Waals surface area contributed by atoms with E-state index >= 15 is 0 Å². The molecule has 2 heterocycles. The Labute approximate surface area is 261 Å². The molecule has 13 heteroatoms. The summed E-state index contributed by atoms with van der Waals surface area (Å²) in [4.78, 5) is 74.2. The predicted molar refractivity (Wildman–Crippen MR) is 165 cm³/mol. The van der Waals surface area contributed by atoms with Gasteiger partial charge in [0.25, 0.3) is 0 Å². The zero-order chi connectivity index (χ0) is 31.4. The first-order valence-corrected chi connectivity index (χ1v) is 18.7. The number of hydrogen-bond acceptors (Lipinski definition) is 6. The van der Waals surface area contributed by atoms with Gasteiger partial charge in [-0.25, -0.2) is 0 Å². The second-order valence-corrected chi connectivity index (χ2v) is 15.2. The fourth-order valence-corrected chi connectivity index (χ4v) is 7.83. The third kappa shape index (κ3) is 10.7. The molecule has 0 bridgehead atoms. The molecule has 1 unspecified atom stereocenters. The van der Waals surface area contributed by atoms with Gasteiger partial charge in [0.1, 0.15) is 0 Å². The summed E-state index contributed by atoms with van der Waals surface area (Å²) in [6.07, 6.45) is 10.3. The van der Waals surface area contributed by atoms with Gasteiger partial charge in [0.2, 0.25) is 0 Å². The summed E-state index contributed by atoms with van der Waals surface area (Å²) in [5.41, 5.74) is -1.37. The second-order valence-electron chi connectivity index (χ2n) is 12.3. The Hall–Kier alpha value is -2.88. The maximum atomic E-state index is 13.8. The SMILES string of the molecule is CC[C@@H]1NC(=O)[C@H](CC[AsH]Cc2ncc[nH]2)NC(=O)[C@](C)(NC(=O)C(C)C)CCNC(=O)[C@@H](CC2CCCCC2)NC1=O. The number of amides is 5. The molecule has 0 radical (unpaired) electrons. The number of rotatable bonds is 10. The van der Waals surface area contributed by atoms with Gasteiger partial charge in [0, 0.05) is 0 Å². The van der Waals surface area contributed by atoms with Gasteiger partial charge < -0.3 is 0 Å². The summed E-state index contributed by atoms with van der Waals surface area (Å²) in [6.45, 7) is 7.01. The number of aromatic amines is 1. The number of nitrogens with zero attached hydrogens (tertiary/aromatic N) is 1. The first kappa shape index (κ1) is 34.6. The van der Waals surface area contributed by atoms with Crippen molar-refractivity contribution in [3.63, 3.8) is 0 Å². The molecule has 1 aliphatic heterocycles. The van der Waals surface area contributed by atoms with E-state index in [0.29, 0.717) is 25.2 Å². The number of aromatic nitrogens is 2. The molecular formula is C30H50AsN7O5. The summed E-state index contributed by atoms with van der Waals surface area (Å²) in [5, 5.41) is 16.0. The van der Waals surface area contributed by atoms with Crippen molar-refractivity contribution in [2.75, 3.05) is 6.54 Å². The Bertz CT molecular complexity index is 1090. The van der Waals surface area contributed by atoms with Crippen molar-refractivity contribution < 1.29 is 24.0 Å². The molecule has 0 aromatic carbocycles. The summed E-state index contributed by atoms with van der Waals surface area (Å²) in [5.74, 6) is -1.13. The number of hydrogen-bond donors (Lipinski definition) is 6. The molecule has 1 aromatic heterocycles. The van der Waals surface area contributed by atoms with Crippen LogP contribution in [-0.2, 0) is 29.2 Å². The second kappa shape index (κ2) is 16.8. The van der Waals surface area contributed by atoms with E-state index in [1.807, 2.05) is 0 Å². The van der Waals surface area contributed by atoms with E-state index in [0.717, 1.165) is 41.9 Å². The van der Waals surface area contributed by atoms with E-state index in [9.17, 15) is 24.0 Å². The first-order chi connectivity index (χ1) is 20.5. The normalized spacial score (nSPS) is 26.9. The van der Waals surface area contributed by atoms with E-state index in [1.165, 1.54) is 6.42 Å². The molecule has 2 aliphatic rings. The molecule has 1 saturated carbocycles. The fourth-order valence-electron chi connectivity index (χ4n) is 5.53. The maximum absolute atomic E-state index is 13.8. The number of H-pyrrole nitrogens is 1. The van der Waals surface area contributed by atoms with Crippen LogP contribution in [0.25, 0.3) is 0 Å². The molecule has 5 amide bonds. The van der Waals surface area contributed by atoms with E-state index in [-0.39, 0.29) is 30.7 Å². The van der Waals surface area contributed by atoms with Crippen molar-refractivity contribution in [2.24, 2.45) is 11.8 Å². The molecule has 1 aliphatic carbocycles. The third-order valence-corrected chi connectivity index (χ3v) is 11.0. The fraction of sp³-hybridized carbons (Fsp3) is 0.733. The Morgan fingerprint density at radius 1 is 1.02 bits per heavy atom. The average Bonchev–Trinajstić information content (AvgIpc) is 3.50. The Morgan fingerprint density at radius 2 is 1.72 bits per heavy atom. The van der Waals surface area contributed by atoms with Crippen LogP contribution in [0.3, 0.4) is 0 Å². The number of imidazole rings is 1. The summed E-state index contributed by atoms with van der Waals surface area (Å²) in [6, 6.07) is -2.50. The standard InChI is InChI=1S/C30H50AsN7O5/c1-5-21-27(41)36-23(17-20-9-7-6-8-10-20)26(40)34-14-12-30(4,38-25(39)19(2)3)29(43)37-22(28(42)35-21)11-13-31-18-24-32-15-16-33-24/h15-16,19-23,31H,5-14,17-18H2,1-4H3,(H,32,33)(H,34,40)(H,35,42)(H,36,41)(H,37,43)(H,38,39)/t21-,22-,23+,30+/m0/s1. The monoisotopic (exact) mass is 663 g/mol. The minimum atomic E-state index is -1.37. The van der Waals surface area contributed by atoms with Crippen LogP contribution < -0.4 is 26.6 Å². The van der Waals surface area contributed by atoms with Gasteiger partial charge in [-0.15, -0.1) is 0 Å². The van der Waals surface area contributed by atoms with Gasteiger partial charge in [0.05, 0.1) is 0 Å². The first-order valence-electron chi connectivity index (χ1n) is 15.7. The molecule has 0 spiro atoms. The Balaban J connectivity index is 1.84. The van der Waals surface area contributed by atoms with Crippen LogP contribution in [0.4, 0.5) is 0 Å². The predicted octanol–water partition coefficient (Wildman–Crippen LogP) is 1.04. The number of carbonyl (C=O) groups is 5. The molecule has 1 saturated heterocycles. The zero-order valence-corrected chi connectivity index (χ0v) is 28.1. The molecule has 240 valence electrons. The Morgan fingerprint density at radius 3 is 2.37 bits per heavy atom. The van der Waals surface area contributed by atoms with Crippen LogP contribution in [0.2, 0.25) is 5.21 Å². The van der Waals surface area contributed by atoms with E-state index in [4.69, 9.17) is 0 Å². The average molecular weight is 664 g/mol. The van der Waals surface area contributed by atoms with Crippen molar-refractivity contribution >= 4 is 45.3 Å². The third-order valence-electron chi connectivity index (χ3n) is 8.40. The number of carbonyl (C=O) groups excluding carboxylic acids is 5. The van der Waals surface area contributed by atoms with Crippen LogP contribution in [0, 0.1) is 11.8 Å². The Kier molecular flexibility index (Phi) is 13.5. The van der Waals surface area contributed by atoms with Gasteiger partial charge in [0.15, 0.2) is 0 Å². The van der Waals surface area contributed by atoms with Gasteiger partial charge in [-0.2, -0.15) is 0 Å². The van der Waals surface area contributed by atoms with E-state index in [2.05, 4.69) is 36.6 Å². The summed E-state index contributed by atoms with van der Waals surface area (Å²) < 4.78 is 0. The molecule has 5 atom stereocenters. The topological polar surface area (TPSA) is 174 Å². The van der Waals surface area contributed by atoms with Crippen LogP contribution in [0.15, 0.2) is 12.4 Å². The van der Waals surface area contributed by atoms with Crippen LogP contribution in [-0.4, -0.2) is 85.5 Å². The molecule has 43 heavy (non-hydrogen) atoms. The van der Waals surface area contributed by atoms with Gasteiger partial charge in [-0.3, -0.25) is 0 Å². The molecule has 1 aromatic rings. The van der Waals surface area contributed by atoms with E-state index < -0.39 is 57.1 Å². The van der Waals surface area contributed by atoms with Crippen molar-refractivity contribution in [1.82, 2.24) is 36.6 Å². The van der Waals surface area contributed by atoms with Crippen molar-refractivity contribution in [1.29, 1.82) is 0 Å². The molecule has 3 rings (SSSR count). The molecule has 12 nitrogen and oxygen atoms in total. The molecule has 2 fully saturated rings. The molecular weight excluding hydrogens is 613 g/mol.